The number of hydrogen-bond acceptors (Lipinski definition) is 3. The molecule has 1 aromatic rings. The summed E-state index contributed by atoms with van der Waals surface area (Å²) >= 11 is 3.37. The van der Waals surface area contributed by atoms with Crippen LogP contribution in [0.2, 0.25) is 0 Å². The van der Waals surface area contributed by atoms with Crippen molar-refractivity contribution in [3.8, 4) is 0 Å². The number of carbonyl (C=O) groups is 2. The molecule has 1 fully saturated rings. The summed E-state index contributed by atoms with van der Waals surface area (Å²) in [5.74, 6) is -0.124. The number of benzene rings is 1. The molecule has 1 heterocycles. The molecule has 1 aromatic carbocycles. The van der Waals surface area contributed by atoms with Crippen LogP contribution >= 0.6 is 15.9 Å². The average Bonchev–Trinajstić information content (AvgIpc) is 2.46. The minimum absolute atomic E-state index is 0.00113. The Labute approximate surface area is 133 Å². The van der Waals surface area contributed by atoms with Gasteiger partial charge in [0.2, 0.25) is 11.8 Å². The highest BCUT2D eigenvalue weighted by molar-refractivity contribution is 9.10. The molecule has 0 aromatic heterocycles. The largest absolute Gasteiger partial charge is 0.339 e. The maximum absolute atomic E-state index is 12.4. The van der Waals surface area contributed by atoms with Crippen molar-refractivity contribution in [1.82, 2.24) is 9.80 Å². The molecule has 0 saturated carbocycles. The van der Waals surface area contributed by atoms with Gasteiger partial charge in [0.15, 0.2) is 0 Å². The molecule has 0 aliphatic carbocycles. The number of carbonyl (C=O) groups excluding carboxylic acids is 2. The lowest BCUT2D eigenvalue weighted by atomic mass is 10.2. The predicted octanol–water partition coefficient (Wildman–Crippen LogP) is 1.58. The van der Waals surface area contributed by atoms with Gasteiger partial charge in [-0.1, -0.05) is 15.9 Å². The smallest absolute Gasteiger partial charge is 0.242 e. The topological polar surface area (TPSA) is 43.9 Å². The zero-order valence-electron chi connectivity index (χ0n) is 12.4. The van der Waals surface area contributed by atoms with Crippen LogP contribution in [0.1, 0.15) is 6.92 Å². The molecular weight excluding hydrogens is 334 g/mol. The van der Waals surface area contributed by atoms with Crippen LogP contribution in [-0.4, -0.2) is 61.4 Å². The van der Waals surface area contributed by atoms with E-state index >= 15 is 0 Å². The summed E-state index contributed by atoms with van der Waals surface area (Å²) in [7, 11) is 2.05. The summed E-state index contributed by atoms with van der Waals surface area (Å²) in [6.45, 7) is 4.79. The Morgan fingerprint density at radius 1 is 1.14 bits per heavy atom. The van der Waals surface area contributed by atoms with E-state index in [-0.39, 0.29) is 18.4 Å². The summed E-state index contributed by atoms with van der Waals surface area (Å²) < 4.78 is 0.945. The number of halogens is 1. The molecule has 0 spiro atoms. The summed E-state index contributed by atoms with van der Waals surface area (Å²) in [6, 6.07) is 7.41. The molecule has 1 aliphatic heterocycles. The van der Waals surface area contributed by atoms with Crippen molar-refractivity contribution < 1.29 is 9.59 Å². The van der Waals surface area contributed by atoms with Crippen molar-refractivity contribution in [2.75, 3.05) is 44.7 Å². The molecule has 0 unspecified atom stereocenters. The van der Waals surface area contributed by atoms with Crippen LogP contribution in [0, 0.1) is 0 Å². The Balaban J connectivity index is 2.04. The Hall–Kier alpha value is -1.40. The molecule has 2 rings (SSSR count). The van der Waals surface area contributed by atoms with E-state index in [9.17, 15) is 9.59 Å². The molecule has 1 aliphatic rings. The Bertz CT molecular complexity index is 510. The first kappa shape index (κ1) is 16.0. The summed E-state index contributed by atoms with van der Waals surface area (Å²) in [5.41, 5.74) is 0.744. The number of piperazine rings is 1. The standard InChI is InChI=1S/C15H20BrN3O2/c1-12(20)19(14-5-3-13(16)4-6-14)11-15(21)18-9-7-17(2)8-10-18/h3-6H,7-11H2,1-2H3. The maximum atomic E-state index is 12.4. The van der Waals surface area contributed by atoms with Gasteiger partial charge in [-0.25, -0.2) is 0 Å². The van der Waals surface area contributed by atoms with Crippen molar-refractivity contribution >= 4 is 33.4 Å². The normalized spacial score (nSPS) is 15.9. The maximum Gasteiger partial charge on any atom is 0.242 e. The van der Waals surface area contributed by atoms with E-state index in [0.717, 1.165) is 36.3 Å². The van der Waals surface area contributed by atoms with Crippen molar-refractivity contribution in [2.45, 2.75) is 6.92 Å². The lowest BCUT2D eigenvalue weighted by Gasteiger charge is -2.33. The molecule has 0 atom stereocenters. The number of likely N-dealkylation sites (N-methyl/N-ethyl adjacent to an activating group) is 1. The zero-order chi connectivity index (χ0) is 15.4. The molecular formula is C15H20BrN3O2. The summed E-state index contributed by atoms with van der Waals surface area (Å²) in [4.78, 5) is 29.7. The number of anilines is 1. The fourth-order valence-electron chi connectivity index (χ4n) is 2.30. The van der Waals surface area contributed by atoms with Crippen molar-refractivity contribution in [3.63, 3.8) is 0 Å². The molecule has 2 amide bonds. The summed E-state index contributed by atoms with van der Waals surface area (Å²) in [6.07, 6.45) is 0. The first-order valence-corrected chi connectivity index (χ1v) is 7.76. The zero-order valence-corrected chi connectivity index (χ0v) is 14.0. The average molecular weight is 354 g/mol. The molecule has 1 saturated heterocycles. The Morgan fingerprint density at radius 2 is 1.71 bits per heavy atom. The van der Waals surface area contributed by atoms with Gasteiger partial charge < -0.3 is 14.7 Å². The fourth-order valence-corrected chi connectivity index (χ4v) is 2.56. The van der Waals surface area contributed by atoms with Gasteiger partial charge in [0.25, 0.3) is 0 Å². The highest BCUT2D eigenvalue weighted by Gasteiger charge is 2.23. The van der Waals surface area contributed by atoms with Crippen LogP contribution in [0.5, 0.6) is 0 Å². The third-order valence-corrected chi connectivity index (χ3v) is 4.20. The van der Waals surface area contributed by atoms with Gasteiger partial charge in [0, 0.05) is 43.3 Å². The fraction of sp³-hybridized carbons (Fsp3) is 0.467. The monoisotopic (exact) mass is 353 g/mol. The van der Waals surface area contributed by atoms with Crippen LogP contribution in [0.15, 0.2) is 28.7 Å². The molecule has 114 valence electrons. The second-order valence-corrected chi connectivity index (χ2v) is 6.18. The molecule has 5 nitrogen and oxygen atoms in total. The van der Waals surface area contributed by atoms with Crippen LogP contribution in [-0.2, 0) is 9.59 Å². The first-order chi connectivity index (χ1) is 9.97. The van der Waals surface area contributed by atoms with E-state index < -0.39 is 0 Å². The van der Waals surface area contributed by atoms with E-state index in [0.29, 0.717) is 0 Å². The number of amides is 2. The molecule has 0 N–H and O–H groups in total. The molecule has 21 heavy (non-hydrogen) atoms. The van der Waals surface area contributed by atoms with Gasteiger partial charge in [0.1, 0.15) is 6.54 Å². The van der Waals surface area contributed by atoms with Gasteiger partial charge >= 0.3 is 0 Å². The second kappa shape index (κ2) is 7.04. The molecule has 0 radical (unpaired) electrons. The van der Waals surface area contributed by atoms with Crippen LogP contribution in [0.25, 0.3) is 0 Å². The first-order valence-electron chi connectivity index (χ1n) is 6.97. The van der Waals surface area contributed by atoms with E-state index in [4.69, 9.17) is 0 Å². The number of rotatable bonds is 3. The van der Waals surface area contributed by atoms with Gasteiger partial charge in [0.05, 0.1) is 0 Å². The van der Waals surface area contributed by atoms with Crippen LogP contribution in [0.3, 0.4) is 0 Å². The predicted molar refractivity (Wildman–Crippen MR) is 86.2 cm³/mol. The van der Waals surface area contributed by atoms with Crippen LogP contribution < -0.4 is 4.90 Å². The van der Waals surface area contributed by atoms with Gasteiger partial charge in [-0.15, -0.1) is 0 Å². The van der Waals surface area contributed by atoms with Crippen molar-refractivity contribution in [1.29, 1.82) is 0 Å². The third-order valence-electron chi connectivity index (χ3n) is 3.67. The Kier molecular flexibility index (Phi) is 5.36. The van der Waals surface area contributed by atoms with Crippen LogP contribution in [0.4, 0.5) is 5.69 Å². The number of hydrogen-bond donors (Lipinski definition) is 0. The SMILES string of the molecule is CC(=O)N(CC(=O)N1CCN(C)CC1)c1ccc(Br)cc1. The molecule has 6 heteroatoms. The van der Waals surface area contributed by atoms with E-state index in [2.05, 4.69) is 20.8 Å². The Morgan fingerprint density at radius 3 is 2.24 bits per heavy atom. The van der Waals surface area contributed by atoms with Crippen molar-refractivity contribution in [3.05, 3.63) is 28.7 Å². The van der Waals surface area contributed by atoms with Gasteiger partial charge in [-0.3, -0.25) is 9.59 Å². The molecule has 0 bridgehead atoms. The highest BCUT2D eigenvalue weighted by Crippen LogP contribution is 2.19. The van der Waals surface area contributed by atoms with Gasteiger partial charge in [-0.2, -0.15) is 0 Å². The number of nitrogens with zero attached hydrogens (tertiary/aromatic N) is 3. The quantitative estimate of drug-likeness (QED) is 0.828. The highest BCUT2D eigenvalue weighted by atomic mass is 79.9. The minimum atomic E-state index is -0.125. The van der Waals surface area contributed by atoms with E-state index in [1.807, 2.05) is 36.2 Å². The minimum Gasteiger partial charge on any atom is -0.339 e. The lowest BCUT2D eigenvalue weighted by molar-refractivity contribution is -0.132. The van der Waals surface area contributed by atoms with Gasteiger partial charge in [-0.05, 0) is 31.3 Å². The van der Waals surface area contributed by atoms with E-state index in [1.54, 1.807) is 0 Å². The lowest BCUT2D eigenvalue weighted by Crippen LogP contribution is -2.50. The van der Waals surface area contributed by atoms with E-state index in [1.165, 1.54) is 11.8 Å². The third kappa shape index (κ3) is 4.28. The van der Waals surface area contributed by atoms with Crippen molar-refractivity contribution in [2.24, 2.45) is 0 Å². The second-order valence-electron chi connectivity index (χ2n) is 5.27. The summed E-state index contributed by atoms with van der Waals surface area (Å²) in [5, 5.41) is 0.